The standard InChI is InChI=1S/C8H13N2O4/c1-8(2,3)14-7(13)10-5(4-11)6(9)12/h5H,1-3H3,(H2,9,12)(H,10,13). The summed E-state index contributed by atoms with van der Waals surface area (Å²) in [6.07, 6.45) is 0.397. The summed E-state index contributed by atoms with van der Waals surface area (Å²) in [5.41, 5.74) is 4.09. The molecule has 0 rings (SSSR count). The van der Waals surface area contributed by atoms with E-state index >= 15 is 0 Å². The fraction of sp³-hybridized carbons (Fsp3) is 0.625. The average Bonchev–Trinajstić information content (AvgIpc) is 1.96. The van der Waals surface area contributed by atoms with Crippen molar-refractivity contribution in [3.8, 4) is 0 Å². The van der Waals surface area contributed by atoms with Gasteiger partial charge in [-0.15, -0.1) is 0 Å². The molecular formula is C8H13N2O4. The van der Waals surface area contributed by atoms with Crippen LogP contribution in [0, 0.1) is 0 Å². The lowest BCUT2D eigenvalue weighted by molar-refractivity contribution is -0.118. The third-order valence-electron chi connectivity index (χ3n) is 1.06. The lowest BCUT2D eigenvalue weighted by Crippen LogP contribution is -2.47. The minimum Gasteiger partial charge on any atom is -0.444 e. The highest BCUT2D eigenvalue weighted by Gasteiger charge is 2.22. The molecular weight excluding hydrogens is 188 g/mol. The smallest absolute Gasteiger partial charge is 0.408 e. The maximum absolute atomic E-state index is 11.0. The van der Waals surface area contributed by atoms with Gasteiger partial charge >= 0.3 is 6.09 Å². The van der Waals surface area contributed by atoms with Gasteiger partial charge in [-0.25, -0.2) is 4.79 Å². The van der Waals surface area contributed by atoms with Crippen LogP contribution in [-0.2, 0) is 14.3 Å². The summed E-state index contributed by atoms with van der Waals surface area (Å²) in [6.45, 7) is 4.95. The molecule has 1 unspecified atom stereocenters. The Morgan fingerprint density at radius 1 is 1.43 bits per heavy atom. The van der Waals surface area contributed by atoms with E-state index in [1.807, 2.05) is 5.32 Å². The van der Waals surface area contributed by atoms with Crippen LogP contribution in [0.3, 0.4) is 0 Å². The third-order valence-corrected chi connectivity index (χ3v) is 1.06. The first-order valence-corrected chi connectivity index (χ1v) is 3.93. The zero-order valence-corrected chi connectivity index (χ0v) is 8.29. The van der Waals surface area contributed by atoms with Crippen LogP contribution in [0.25, 0.3) is 0 Å². The van der Waals surface area contributed by atoms with Crippen LogP contribution in [0.2, 0.25) is 0 Å². The molecule has 6 nitrogen and oxygen atoms in total. The second-order valence-corrected chi connectivity index (χ2v) is 3.60. The van der Waals surface area contributed by atoms with Gasteiger partial charge in [0.1, 0.15) is 5.60 Å². The van der Waals surface area contributed by atoms with Crippen molar-refractivity contribution < 1.29 is 19.1 Å². The minimum atomic E-state index is -1.47. The molecule has 0 fully saturated rings. The second-order valence-electron chi connectivity index (χ2n) is 3.60. The summed E-state index contributed by atoms with van der Waals surface area (Å²) < 4.78 is 4.78. The largest absolute Gasteiger partial charge is 0.444 e. The molecule has 0 aliphatic rings. The van der Waals surface area contributed by atoms with Crippen molar-refractivity contribution in [2.75, 3.05) is 0 Å². The van der Waals surface area contributed by atoms with Crippen LogP contribution in [0.15, 0.2) is 0 Å². The summed E-state index contributed by atoms with van der Waals surface area (Å²) in [5.74, 6) is -0.981. The molecule has 0 heterocycles. The molecule has 0 saturated heterocycles. The number of carbonyl (C=O) groups excluding carboxylic acids is 3. The number of rotatable bonds is 3. The van der Waals surface area contributed by atoms with Gasteiger partial charge in [-0.3, -0.25) is 9.59 Å². The number of nitrogens with two attached hydrogens (primary N) is 1. The van der Waals surface area contributed by atoms with Gasteiger partial charge in [-0.1, -0.05) is 0 Å². The number of hydrogen-bond acceptors (Lipinski definition) is 4. The lowest BCUT2D eigenvalue weighted by atomic mass is 10.2. The number of ether oxygens (including phenoxy) is 1. The van der Waals surface area contributed by atoms with Crippen LogP contribution in [0.5, 0.6) is 0 Å². The monoisotopic (exact) mass is 201 g/mol. The van der Waals surface area contributed by atoms with Crippen molar-refractivity contribution in [1.29, 1.82) is 0 Å². The van der Waals surface area contributed by atoms with Gasteiger partial charge in [0.2, 0.25) is 12.2 Å². The van der Waals surface area contributed by atoms with Crippen molar-refractivity contribution >= 4 is 18.3 Å². The summed E-state index contributed by atoms with van der Waals surface area (Å²) in [6, 6.07) is -1.47. The average molecular weight is 201 g/mol. The van der Waals surface area contributed by atoms with E-state index in [2.05, 4.69) is 0 Å². The van der Waals surface area contributed by atoms with Gasteiger partial charge in [0.05, 0.1) is 0 Å². The van der Waals surface area contributed by atoms with E-state index in [0.29, 0.717) is 0 Å². The molecule has 0 aromatic heterocycles. The normalized spacial score (nSPS) is 12.8. The van der Waals surface area contributed by atoms with E-state index in [-0.39, 0.29) is 0 Å². The predicted molar refractivity (Wildman–Crippen MR) is 48.0 cm³/mol. The molecule has 79 valence electrons. The molecule has 0 saturated carbocycles. The summed E-state index contributed by atoms with van der Waals surface area (Å²) in [4.78, 5) is 31.7. The van der Waals surface area contributed by atoms with Gasteiger partial charge in [-0.05, 0) is 20.8 Å². The zero-order chi connectivity index (χ0) is 11.4. The van der Waals surface area contributed by atoms with Crippen molar-refractivity contribution in [2.24, 2.45) is 5.73 Å². The summed E-state index contributed by atoms with van der Waals surface area (Å²) in [5, 5.41) is 1.96. The first-order chi connectivity index (χ1) is 6.26. The van der Waals surface area contributed by atoms with Gasteiger partial charge in [0.15, 0.2) is 6.04 Å². The Kier molecular flexibility index (Phi) is 4.07. The van der Waals surface area contributed by atoms with Crippen molar-refractivity contribution in [1.82, 2.24) is 5.32 Å². The molecule has 3 N–H and O–H groups in total. The molecule has 1 radical (unpaired) electrons. The fourth-order valence-electron chi connectivity index (χ4n) is 0.584. The van der Waals surface area contributed by atoms with E-state index in [4.69, 9.17) is 10.5 Å². The molecule has 0 aliphatic carbocycles. The molecule has 0 spiro atoms. The maximum atomic E-state index is 11.0. The van der Waals surface area contributed by atoms with Crippen molar-refractivity contribution in [3.05, 3.63) is 0 Å². The number of nitrogens with one attached hydrogen (secondary N) is 1. The van der Waals surface area contributed by atoms with E-state index in [0.717, 1.165) is 0 Å². The quantitative estimate of drug-likeness (QED) is 0.600. The first-order valence-electron chi connectivity index (χ1n) is 3.93. The number of alkyl carbamates (subject to hydrolysis) is 1. The first kappa shape index (κ1) is 12.4. The molecule has 0 aromatic rings. The highest BCUT2D eigenvalue weighted by Crippen LogP contribution is 2.06. The predicted octanol–water partition coefficient (Wildman–Crippen LogP) is -0.525. The Balaban J connectivity index is 4.18. The van der Waals surface area contributed by atoms with Crippen molar-refractivity contribution in [3.63, 3.8) is 0 Å². The van der Waals surface area contributed by atoms with E-state index in [1.54, 1.807) is 20.8 Å². The van der Waals surface area contributed by atoms with Crippen LogP contribution in [-0.4, -0.2) is 29.9 Å². The Morgan fingerprint density at radius 2 is 1.93 bits per heavy atom. The zero-order valence-electron chi connectivity index (χ0n) is 8.29. The molecule has 0 bridgehead atoms. The second kappa shape index (κ2) is 4.59. The fourth-order valence-corrected chi connectivity index (χ4v) is 0.584. The van der Waals surface area contributed by atoms with Gasteiger partial charge in [0, 0.05) is 0 Å². The third kappa shape index (κ3) is 5.13. The number of primary amides is 1. The van der Waals surface area contributed by atoms with E-state index in [1.165, 1.54) is 6.29 Å². The topological polar surface area (TPSA) is 98.5 Å². The van der Waals surface area contributed by atoms with Crippen LogP contribution < -0.4 is 11.1 Å². The Morgan fingerprint density at radius 3 is 2.21 bits per heavy atom. The van der Waals surface area contributed by atoms with Crippen LogP contribution in [0.1, 0.15) is 20.8 Å². The minimum absolute atomic E-state index is 0.699. The molecule has 2 amide bonds. The van der Waals surface area contributed by atoms with E-state index < -0.39 is 23.6 Å². The number of amides is 2. The molecule has 0 aliphatic heterocycles. The molecule has 0 aromatic carbocycles. The number of carbonyl (C=O) groups is 2. The molecule has 1 atom stereocenters. The Bertz CT molecular complexity index is 244. The highest BCUT2D eigenvalue weighted by atomic mass is 16.6. The Labute approximate surface area is 81.8 Å². The lowest BCUT2D eigenvalue weighted by Gasteiger charge is -2.20. The van der Waals surface area contributed by atoms with Gasteiger partial charge in [0.25, 0.3) is 0 Å². The Hall–Kier alpha value is -1.59. The van der Waals surface area contributed by atoms with Crippen LogP contribution >= 0.6 is 0 Å². The summed E-state index contributed by atoms with van der Waals surface area (Å²) >= 11 is 0. The van der Waals surface area contributed by atoms with Gasteiger partial charge < -0.3 is 15.8 Å². The summed E-state index contributed by atoms with van der Waals surface area (Å²) in [7, 11) is 0. The van der Waals surface area contributed by atoms with Gasteiger partial charge in [-0.2, -0.15) is 0 Å². The highest BCUT2D eigenvalue weighted by molar-refractivity contribution is 5.97. The van der Waals surface area contributed by atoms with Crippen molar-refractivity contribution in [2.45, 2.75) is 32.4 Å². The SMILES string of the molecule is CC(C)(C)OC(=O)NC([C]=O)C(N)=O. The maximum Gasteiger partial charge on any atom is 0.408 e. The van der Waals surface area contributed by atoms with E-state index in [9.17, 15) is 14.4 Å². The molecule has 14 heavy (non-hydrogen) atoms. The molecule has 6 heteroatoms. The van der Waals surface area contributed by atoms with Crippen LogP contribution in [0.4, 0.5) is 4.79 Å². The number of hydrogen-bond donors (Lipinski definition) is 2.